The fraction of sp³-hybridized carbons (Fsp3) is 0.438. The molecule has 124 valence electrons. The highest BCUT2D eigenvalue weighted by molar-refractivity contribution is 7.98. The maximum Gasteiger partial charge on any atom is 0.262 e. The van der Waals surface area contributed by atoms with E-state index in [0.717, 1.165) is 4.90 Å². The number of hydrogen-bond acceptors (Lipinski definition) is 5. The van der Waals surface area contributed by atoms with Gasteiger partial charge in [0.05, 0.1) is 17.7 Å². The van der Waals surface area contributed by atoms with Gasteiger partial charge < -0.3 is 10.1 Å². The molecule has 1 aliphatic rings. The van der Waals surface area contributed by atoms with Crippen molar-refractivity contribution in [2.24, 2.45) is 0 Å². The van der Waals surface area contributed by atoms with Gasteiger partial charge in [0.15, 0.2) is 0 Å². The first-order valence-electron chi connectivity index (χ1n) is 7.34. The molecule has 1 unspecified atom stereocenters. The van der Waals surface area contributed by atoms with Gasteiger partial charge in [0.25, 0.3) is 11.8 Å². The number of hydrogen-bond donors (Lipinski definition) is 1. The molecule has 0 saturated carbocycles. The fourth-order valence-corrected chi connectivity index (χ4v) is 2.95. The minimum Gasteiger partial charge on any atom is -0.383 e. The normalized spacial score (nSPS) is 14.8. The van der Waals surface area contributed by atoms with Crippen LogP contribution in [0.2, 0.25) is 0 Å². The quantitative estimate of drug-likeness (QED) is 0.570. The van der Waals surface area contributed by atoms with Crippen LogP contribution in [0, 0.1) is 0 Å². The third kappa shape index (κ3) is 3.73. The molecule has 23 heavy (non-hydrogen) atoms. The van der Waals surface area contributed by atoms with Gasteiger partial charge in [-0.2, -0.15) is 11.8 Å². The van der Waals surface area contributed by atoms with Crippen molar-refractivity contribution < 1.29 is 19.1 Å². The number of methoxy groups -OCH3 is 1. The Morgan fingerprint density at radius 1 is 1.26 bits per heavy atom. The fourth-order valence-electron chi connectivity index (χ4n) is 2.49. The molecule has 0 spiro atoms. The topological polar surface area (TPSA) is 75.7 Å². The average molecular weight is 336 g/mol. The van der Waals surface area contributed by atoms with Gasteiger partial charge in [-0.15, -0.1) is 0 Å². The van der Waals surface area contributed by atoms with E-state index in [9.17, 15) is 14.4 Å². The number of benzene rings is 1. The van der Waals surface area contributed by atoms with Gasteiger partial charge in [-0.3, -0.25) is 19.3 Å². The molecule has 0 aliphatic carbocycles. The molecule has 0 fully saturated rings. The lowest BCUT2D eigenvalue weighted by atomic mass is 10.1. The van der Waals surface area contributed by atoms with Gasteiger partial charge in [-0.25, -0.2) is 0 Å². The summed E-state index contributed by atoms with van der Waals surface area (Å²) in [4.78, 5) is 38.6. The number of thioether (sulfide) groups is 1. The summed E-state index contributed by atoms with van der Waals surface area (Å²) in [6.45, 7) is 0.720. The Morgan fingerprint density at radius 2 is 1.87 bits per heavy atom. The molecule has 0 bridgehead atoms. The second-order valence-electron chi connectivity index (χ2n) is 5.11. The Kier molecular flexibility index (Phi) is 6.18. The Bertz CT molecular complexity index is 570. The minimum atomic E-state index is -0.799. The first-order valence-corrected chi connectivity index (χ1v) is 8.73. The van der Waals surface area contributed by atoms with E-state index in [1.54, 1.807) is 43.1 Å². The molecule has 1 N–H and O–H groups in total. The SMILES string of the molecule is COCCNC(=O)C(CCSC)N1C(=O)c2ccccc2C1=O. The molecule has 1 heterocycles. The number of nitrogens with one attached hydrogen (secondary N) is 1. The minimum absolute atomic E-state index is 0.328. The molecule has 1 atom stereocenters. The number of rotatable bonds is 8. The van der Waals surface area contributed by atoms with Crippen LogP contribution in [-0.4, -0.2) is 60.9 Å². The standard InChI is InChI=1S/C16H20N2O4S/c1-22-9-8-17-14(19)13(7-10-23-2)18-15(20)11-5-3-4-6-12(11)16(18)21/h3-6,13H,7-10H2,1-2H3,(H,17,19). The number of ether oxygens (including phenoxy) is 1. The first kappa shape index (κ1) is 17.5. The van der Waals surface area contributed by atoms with Gasteiger partial charge in [-0.05, 0) is 30.6 Å². The number of imide groups is 1. The van der Waals surface area contributed by atoms with E-state index < -0.39 is 17.9 Å². The van der Waals surface area contributed by atoms with E-state index in [1.165, 1.54) is 0 Å². The predicted octanol–water partition coefficient (Wildman–Crippen LogP) is 1.17. The second-order valence-corrected chi connectivity index (χ2v) is 6.09. The van der Waals surface area contributed by atoms with Crippen molar-refractivity contribution in [2.75, 3.05) is 32.3 Å². The lowest BCUT2D eigenvalue weighted by molar-refractivity contribution is -0.125. The maximum absolute atomic E-state index is 12.5. The van der Waals surface area contributed by atoms with Crippen LogP contribution in [0.1, 0.15) is 27.1 Å². The average Bonchev–Trinajstić information content (AvgIpc) is 2.81. The molecule has 1 aliphatic heterocycles. The number of carbonyl (C=O) groups excluding carboxylic acids is 3. The summed E-state index contributed by atoms with van der Waals surface area (Å²) in [7, 11) is 1.54. The predicted molar refractivity (Wildman–Crippen MR) is 88.6 cm³/mol. The molecule has 0 aromatic heterocycles. The smallest absolute Gasteiger partial charge is 0.262 e. The van der Waals surface area contributed by atoms with E-state index in [1.807, 2.05) is 6.26 Å². The number of fused-ring (bicyclic) bond motifs is 1. The number of carbonyl (C=O) groups is 3. The van der Waals surface area contributed by atoms with Crippen molar-refractivity contribution in [2.45, 2.75) is 12.5 Å². The molecule has 0 radical (unpaired) electrons. The van der Waals surface area contributed by atoms with Crippen molar-refractivity contribution in [3.05, 3.63) is 35.4 Å². The molecule has 3 amide bonds. The molecule has 6 nitrogen and oxygen atoms in total. The Hall–Kier alpha value is -1.86. The van der Waals surface area contributed by atoms with Gasteiger partial charge >= 0.3 is 0 Å². The van der Waals surface area contributed by atoms with E-state index in [2.05, 4.69) is 5.32 Å². The van der Waals surface area contributed by atoms with Gasteiger partial charge in [0.2, 0.25) is 5.91 Å². The summed E-state index contributed by atoms with van der Waals surface area (Å²) in [6, 6.07) is 5.85. The monoisotopic (exact) mass is 336 g/mol. The van der Waals surface area contributed by atoms with Gasteiger partial charge in [0.1, 0.15) is 6.04 Å². The summed E-state index contributed by atoms with van der Waals surface area (Å²) in [5.74, 6) is -0.460. The van der Waals surface area contributed by atoms with Crippen LogP contribution < -0.4 is 5.32 Å². The molecule has 2 rings (SSSR count). The zero-order chi connectivity index (χ0) is 16.8. The number of nitrogens with zero attached hydrogens (tertiary/aromatic N) is 1. The van der Waals surface area contributed by atoms with Crippen molar-refractivity contribution in [3.8, 4) is 0 Å². The highest BCUT2D eigenvalue weighted by atomic mass is 32.2. The largest absolute Gasteiger partial charge is 0.383 e. The van der Waals surface area contributed by atoms with Crippen LogP contribution >= 0.6 is 11.8 Å². The van der Waals surface area contributed by atoms with E-state index >= 15 is 0 Å². The van der Waals surface area contributed by atoms with Gasteiger partial charge in [-0.1, -0.05) is 12.1 Å². The zero-order valence-corrected chi connectivity index (χ0v) is 14.0. The summed E-state index contributed by atoms with van der Waals surface area (Å²) in [5.41, 5.74) is 0.715. The third-order valence-electron chi connectivity index (χ3n) is 3.64. The van der Waals surface area contributed by atoms with Crippen LogP contribution in [0.15, 0.2) is 24.3 Å². The van der Waals surface area contributed by atoms with Crippen molar-refractivity contribution in [1.82, 2.24) is 10.2 Å². The van der Waals surface area contributed by atoms with Crippen LogP contribution in [0.25, 0.3) is 0 Å². The summed E-state index contributed by atoms with van der Waals surface area (Å²) >= 11 is 1.57. The van der Waals surface area contributed by atoms with Crippen LogP contribution in [0.5, 0.6) is 0 Å². The highest BCUT2D eigenvalue weighted by Crippen LogP contribution is 2.26. The van der Waals surface area contributed by atoms with Gasteiger partial charge in [0, 0.05) is 13.7 Å². The summed E-state index contributed by atoms with van der Waals surface area (Å²) in [5, 5.41) is 2.72. The lowest BCUT2D eigenvalue weighted by Crippen LogP contribution is -2.50. The lowest BCUT2D eigenvalue weighted by Gasteiger charge is -2.25. The highest BCUT2D eigenvalue weighted by Gasteiger charge is 2.42. The van der Waals surface area contributed by atoms with Crippen LogP contribution in [-0.2, 0) is 9.53 Å². The molecular weight excluding hydrogens is 316 g/mol. The Morgan fingerprint density at radius 3 is 2.39 bits per heavy atom. The van der Waals surface area contributed by atoms with E-state index in [0.29, 0.717) is 36.5 Å². The maximum atomic E-state index is 12.5. The molecule has 0 saturated heterocycles. The van der Waals surface area contributed by atoms with Crippen molar-refractivity contribution in [1.29, 1.82) is 0 Å². The van der Waals surface area contributed by atoms with E-state index in [-0.39, 0.29) is 5.91 Å². The molecular formula is C16H20N2O4S. The third-order valence-corrected chi connectivity index (χ3v) is 4.28. The molecule has 1 aromatic rings. The molecule has 1 aromatic carbocycles. The zero-order valence-electron chi connectivity index (χ0n) is 13.2. The van der Waals surface area contributed by atoms with Crippen molar-refractivity contribution >= 4 is 29.5 Å². The van der Waals surface area contributed by atoms with Crippen LogP contribution in [0.4, 0.5) is 0 Å². The molecule has 7 heteroatoms. The number of amides is 3. The summed E-state index contributed by atoms with van der Waals surface area (Å²) < 4.78 is 4.91. The van der Waals surface area contributed by atoms with Crippen molar-refractivity contribution in [3.63, 3.8) is 0 Å². The summed E-state index contributed by atoms with van der Waals surface area (Å²) in [6.07, 6.45) is 2.34. The Balaban J connectivity index is 2.21. The van der Waals surface area contributed by atoms with Crippen LogP contribution in [0.3, 0.4) is 0 Å². The Labute approximate surface area is 139 Å². The first-order chi connectivity index (χ1) is 11.1. The van der Waals surface area contributed by atoms with E-state index in [4.69, 9.17) is 4.74 Å². The second kappa shape index (κ2) is 8.12.